The second kappa shape index (κ2) is 6.49. The molecule has 0 amide bonds. The first-order valence-corrected chi connectivity index (χ1v) is 8.92. The Labute approximate surface area is 136 Å². The zero-order chi connectivity index (χ0) is 16.5. The van der Waals surface area contributed by atoms with E-state index in [1.165, 1.54) is 5.57 Å². The molecule has 126 valence electrons. The van der Waals surface area contributed by atoms with Crippen molar-refractivity contribution in [1.29, 1.82) is 0 Å². The molecule has 0 bridgehead atoms. The quantitative estimate of drug-likeness (QED) is 0.694. The van der Waals surface area contributed by atoms with Crippen LogP contribution < -0.4 is 0 Å². The molecule has 0 spiro atoms. The van der Waals surface area contributed by atoms with Gasteiger partial charge >= 0.3 is 0 Å². The summed E-state index contributed by atoms with van der Waals surface area (Å²) >= 11 is 0. The summed E-state index contributed by atoms with van der Waals surface area (Å²) in [6.07, 6.45) is 9.80. The fraction of sp³-hybridized carbons (Fsp3) is 0.800. The van der Waals surface area contributed by atoms with Crippen molar-refractivity contribution in [3.8, 4) is 0 Å². The van der Waals surface area contributed by atoms with Crippen molar-refractivity contribution in [1.82, 2.24) is 0 Å². The van der Waals surface area contributed by atoms with Gasteiger partial charge in [-0.1, -0.05) is 38.5 Å². The Morgan fingerprint density at radius 2 is 1.86 bits per heavy atom. The van der Waals surface area contributed by atoms with Gasteiger partial charge in [0.05, 0.1) is 11.7 Å². The standard InChI is InChI=1S/C20H34O2/c1-14(2)20(22)12-11-19(5)10-9-15(3)7-6-8-16(4)17(21)13-18(19)20/h8-9,14,17-18,21-22H,6-7,10-13H2,1-5H3. The van der Waals surface area contributed by atoms with Gasteiger partial charge in [-0.3, -0.25) is 0 Å². The highest BCUT2D eigenvalue weighted by Crippen LogP contribution is 2.56. The van der Waals surface area contributed by atoms with E-state index in [2.05, 4.69) is 39.8 Å². The van der Waals surface area contributed by atoms with E-state index in [0.717, 1.165) is 37.7 Å². The molecule has 2 nitrogen and oxygen atoms in total. The molecule has 0 aromatic heterocycles. The molecule has 0 aromatic carbocycles. The van der Waals surface area contributed by atoms with Crippen LogP contribution in [0.4, 0.5) is 0 Å². The summed E-state index contributed by atoms with van der Waals surface area (Å²) in [5.74, 6) is 0.381. The molecule has 2 aliphatic carbocycles. The molecular weight excluding hydrogens is 272 g/mol. The molecule has 1 fully saturated rings. The molecule has 1 saturated carbocycles. The summed E-state index contributed by atoms with van der Waals surface area (Å²) in [4.78, 5) is 0. The third kappa shape index (κ3) is 3.33. The lowest BCUT2D eigenvalue weighted by atomic mass is 9.67. The average Bonchev–Trinajstić information content (AvgIpc) is 2.70. The summed E-state index contributed by atoms with van der Waals surface area (Å²) < 4.78 is 0. The van der Waals surface area contributed by atoms with Crippen LogP contribution in [-0.4, -0.2) is 21.9 Å². The fourth-order valence-electron chi connectivity index (χ4n) is 4.44. The Bertz CT molecular complexity index is 462. The van der Waals surface area contributed by atoms with Gasteiger partial charge in [0.25, 0.3) is 0 Å². The minimum atomic E-state index is -0.647. The second-order valence-electron chi connectivity index (χ2n) is 8.35. The van der Waals surface area contributed by atoms with E-state index in [4.69, 9.17) is 0 Å². The summed E-state index contributed by atoms with van der Waals surface area (Å²) in [6, 6.07) is 0. The predicted molar refractivity (Wildman–Crippen MR) is 92.6 cm³/mol. The number of aliphatic hydroxyl groups excluding tert-OH is 1. The summed E-state index contributed by atoms with van der Waals surface area (Å²) in [7, 11) is 0. The Balaban J connectivity index is 2.39. The van der Waals surface area contributed by atoms with E-state index in [1.807, 2.05) is 6.92 Å². The van der Waals surface area contributed by atoms with Crippen molar-refractivity contribution in [3.63, 3.8) is 0 Å². The van der Waals surface area contributed by atoms with E-state index in [-0.39, 0.29) is 17.3 Å². The van der Waals surface area contributed by atoms with Crippen LogP contribution in [0, 0.1) is 17.3 Å². The molecule has 22 heavy (non-hydrogen) atoms. The van der Waals surface area contributed by atoms with Crippen LogP contribution in [0.1, 0.15) is 73.1 Å². The molecule has 0 aliphatic heterocycles. The zero-order valence-corrected chi connectivity index (χ0v) is 15.0. The first-order chi connectivity index (χ1) is 10.2. The van der Waals surface area contributed by atoms with Crippen LogP contribution in [0.15, 0.2) is 23.3 Å². The number of hydrogen-bond donors (Lipinski definition) is 2. The maximum Gasteiger partial charge on any atom is 0.0751 e. The predicted octanol–water partition coefficient (Wildman–Crippen LogP) is 4.62. The molecule has 4 unspecified atom stereocenters. The van der Waals surface area contributed by atoms with Gasteiger partial charge in [-0.25, -0.2) is 0 Å². The second-order valence-corrected chi connectivity index (χ2v) is 8.35. The van der Waals surface area contributed by atoms with Gasteiger partial charge < -0.3 is 10.2 Å². The Morgan fingerprint density at radius 1 is 1.18 bits per heavy atom. The van der Waals surface area contributed by atoms with Crippen LogP contribution in [0.25, 0.3) is 0 Å². The minimum absolute atomic E-state index is 0.0892. The lowest BCUT2D eigenvalue weighted by molar-refractivity contribution is -0.0744. The summed E-state index contributed by atoms with van der Waals surface area (Å²) in [6.45, 7) is 10.8. The van der Waals surface area contributed by atoms with Crippen molar-refractivity contribution >= 4 is 0 Å². The van der Waals surface area contributed by atoms with Gasteiger partial charge in [0.15, 0.2) is 0 Å². The highest BCUT2D eigenvalue weighted by atomic mass is 16.3. The Kier molecular flexibility index (Phi) is 5.23. The number of fused-ring (bicyclic) bond motifs is 1. The van der Waals surface area contributed by atoms with Crippen LogP contribution in [0.3, 0.4) is 0 Å². The summed E-state index contributed by atoms with van der Waals surface area (Å²) in [5.41, 5.74) is 1.94. The third-order valence-electron chi connectivity index (χ3n) is 6.45. The monoisotopic (exact) mass is 306 g/mol. The van der Waals surface area contributed by atoms with Crippen molar-refractivity contribution in [2.24, 2.45) is 17.3 Å². The zero-order valence-electron chi connectivity index (χ0n) is 15.0. The van der Waals surface area contributed by atoms with Crippen molar-refractivity contribution in [2.75, 3.05) is 0 Å². The molecule has 2 aliphatic rings. The SMILES string of the molecule is CC1=CCC2(C)CCC(O)(C(C)C)C2CC(O)C(C)=CCC1. The third-order valence-corrected chi connectivity index (χ3v) is 6.45. The maximum absolute atomic E-state index is 11.3. The van der Waals surface area contributed by atoms with Gasteiger partial charge in [-0.2, -0.15) is 0 Å². The Hall–Kier alpha value is -0.600. The van der Waals surface area contributed by atoms with Gasteiger partial charge in [0, 0.05) is 0 Å². The number of aliphatic hydroxyl groups is 2. The lowest BCUT2D eigenvalue weighted by Crippen LogP contribution is -2.45. The number of allylic oxidation sites excluding steroid dienone is 3. The molecule has 2 rings (SSSR count). The maximum atomic E-state index is 11.3. The molecule has 2 heteroatoms. The van der Waals surface area contributed by atoms with Crippen molar-refractivity contribution in [3.05, 3.63) is 23.3 Å². The molecule has 0 heterocycles. The minimum Gasteiger partial charge on any atom is -0.389 e. The topological polar surface area (TPSA) is 40.5 Å². The molecule has 0 saturated heterocycles. The van der Waals surface area contributed by atoms with Crippen LogP contribution in [-0.2, 0) is 0 Å². The van der Waals surface area contributed by atoms with Crippen molar-refractivity contribution < 1.29 is 10.2 Å². The molecule has 4 atom stereocenters. The van der Waals surface area contributed by atoms with E-state index >= 15 is 0 Å². The van der Waals surface area contributed by atoms with Gasteiger partial charge in [0.1, 0.15) is 0 Å². The Morgan fingerprint density at radius 3 is 2.50 bits per heavy atom. The van der Waals surface area contributed by atoms with Crippen LogP contribution in [0.2, 0.25) is 0 Å². The van der Waals surface area contributed by atoms with Gasteiger partial charge in [-0.15, -0.1) is 0 Å². The largest absolute Gasteiger partial charge is 0.389 e. The van der Waals surface area contributed by atoms with Gasteiger partial charge in [-0.05, 0) is 75.2 Å². The smallest absolute Gasteiger partial charge is 0.0751 e. The van der Waals surface area contributed by atoms with Crippen molar-refractivity contribution in [2.45, 2.75) is 84.8 Å². The first-order valence-electron chi connectivity index (χ1n) is 8.92. The number of hydrogen-bond acceptors (Lipinski definition) is 2. The molecule has 0 radical (unpaired) electrons. The van der Waals surface area contributed by atoms with E-state index in [9.17, 15) is 10.2 Å². The summed E-state index contributed by atoms with van der Waals surface area (Å²) in [5, 5.41) is 21.9. The van der Waals surface area contributed by atoms with E-state index < -0.39 is 11.7 Å². The number of rotatable bonds is 1. The van der Waals surface area contributed by atoms with Crippen LogP contribution in [0.5, 0.6) is 0 Å². The van der Waals surface area contributed by atoms with Gasteiger partial charge in [0.2, 0.25) is 0 Å². The highest BCUT2D eigenvalue weighted by molar-refractivity contribution is 5.14. The first kappa shape index (κ1) is 17.7. The normalized spacial score (nSPS) is 40.7. The van der Waals surface area contributed by atoms with Crippen LogP contribution >= 0.6 is 0 Å². The lowest BCUT2D eigenvalue weighted by Gasteiger charge is -2.42. The van der Waals surface area contributed by atoms with E-state index in [1.54, 1.807) is 0 Å². The fourth-order valence-corrected chi connectivity index (χ4v) is 4.44. The highest BCUT2D eigenvalue weighted by Gasteiger charge is 2.54. The average molecular weight is 306 g/mol. The molecular formula is C20H34O2. The molecule has 0 aromatic rings. The van der Waals surface area contributed by atoms with E-state index in [0.29, 0.717) is 6.42 Å². The molecule has 2 N–H and O–H groups in total.